The van der Waals surface area contributed by atoms with Crippen molar-refractivity contribution >= 4 is 39.5 Å². The van der Waals surface area contributed by atoms with E-state index in [1.54, 1.807) is 36.4 Å². The number of cyclic esters (lactones) is 2. The number of carbonyl (C=O) groups is 2. The molecule has 0 unspecified atom stereocenters. The predicted octanol–water partition coefficient (Wildman–Crippen LogP) is 3.29. The van der Waals surface area contributed by atoms with Crippen LogP contribution in [0.5, 0.6) is 0 Å². The first-order valence-electron chi connectivity index (χ1n) is 6.76. The zero-order valence-electron chi connectivity index (χ0n) is 11.6. The number of hydrogen-bond donors (Lipinski definition) is 0. The van der Waals surface area contributed by atoms with E-state index >= 15 is 0 Å². The largest absolute Gasteiger partial charge is 0.420 e. The molecule has 5 nitrogen and oxygen atoms in total. The number of carbonyl (C=O) groups excluding carboxylic acids is 2. The fourth-order valence-corrected chi connectivity index (χ4v) is 2.83. The smallest absolute Gasteiger partial charge is 0.367 e. The first-order chi connectivity index (χ1) is 11.1. The van der Waals surface area contributed by atoms with Gasteiger partial charge >= 0.3 is 11.9 Å². The van der Waals surface area contributed by atoms with Gasteiger partial charge in [-0.2, -0.15) is 0 Å². The van der Waals surface area contributed by atoms with Crippen LogP contribution in [0.3, 0.4) is 0 Å². The number of hydrogen-bond acceptors (Lipinski definition) is 5. The van der Waals surface area contributed by atoms with Gasteiger partial charge in [-0.3, -0.25) is 0 Å². The summed E-state index contributed by atoms with van der Waals surface area (Å²) < 4.78 is 11.3. The van der Waals surface area contributed by atoms with Crippen molar-refractivity contribution in [2.24, 2.45) is 4.99 Å². The molecule has 0 atom stereocenters. The van der Waals surface area contributed by atoms with E-state index in [0.717, 1.165) is 4.47 Å². The van der Waals surface area contributed by atoms with Gasteiger partial charge in [-0.25, -0.2) is 14.6 Å². The molecule has 0 aromatic heterocycles. The Hall–Kier alpha value is -2.73. The van der Waals surface area contributed by atoms with Gasteiger partial charge in [0, 0.05) is 15.6 Å². The molecule has 2 aromatic rings. The van der Waals surface area contributed by atoms with Crippen LogP contribution in [-0.4, -0.2) is 17.8 Å². The summed E-state index contributed by atoms with van der Waals surface area (Å²) in [6, 6.07) is 14.1. The Kier molecular flexibility index (Phi) is 3.12. The van der Waals surface area contributed by atoms with Gasteiger partial charge in [0.15, 0.2) is 11.5 Å². The van der Waals surface area contributed by atoms with E-state index in [9.17, 15) is 9.59 Å². The summed E-state index contributed by atoms with van der Waals surface area (Å²) in [5, 5.41) is 0. The lowest BCUT2D eigenvalue weighted by Gasteiger charge is -1.99. The van der Waals surface area contributed by atoms with E-state index in [0.29, 0.717) is 16.7 Å². The molecule has 0 saturated carbocycles. The minimum Gasteiger partial charge on any atom is -0.420 e. The van der Waals surface area contributed by atoms with Crippen LogP contribution < -0.4 is 0 Å². The molecule has 0 radical (unpaired) electrons. The summed E-state index contributed by atoms with van der Waals surface area (Å²) in [5.74, 6) is -0.818. The maximum absolute atomic E-state index is 12.1. The highest BCUT2D eigenvalue weighted by molar-refractivity contribution is 9.10. The number of esters is 2. The van der Waals surface area contributed by atoms with Gasteiger partial charge in [0.1, 0.15) is 0 Å². The van der Waals surface area contributed by atoms with Crippen LogP contribution in [-0.2, 0) is 14.3 Å². The molecule has 6 heteroatoms. The van der Waals surface area contributed by atoms with Crippen molar-refractivity contribution in [2.45, 2.75) is 0 Å². The van der Waals surface area contributed by atoms with Gasteiger partial charge in [0.05, 0.1) is 5.56 Å². The molecule has 0 fully saturated rings. The highest BCUT2D eigenvalue weighted by Crippen LogP contribution is 2.34. The third kappa shape index (κ3) is 2.27. The Bertz CT molecular complexity index is 930. The number of aliphatic imine (C=N–C) groups is 1. The summed E-state index contributed by atoms with van der Waals surface area (Å²) in [4.78, 5) is 28.2. The van der Waals surface area contributed by atoms with Gasteiger partial charge in [-0.05, 0) is 24.3 Å². The van der Waals surface area contributed by atoms with Crippen LogP contribution in [0, 0.1) is 0 Å². The number of fused-ring (bicyclic) bond motifs is 1. The van der Waals surface area contributed by atoms with Crippen molar-refractivity contribution in [1.29, 1.82) is 0 Å². The zero-order chi connectivity index (χ0) is 16.0. The topological polar surface area (TPSA) is 65.0 Å². The van der Waals surface area contributed by atoms with E-state index in [1.165, 1.54) is 0 Å². The fourth-order valence-electron chi connectivity index (χ4n) is 2.43. The van der Waals surface area contributed by atoms with Crippen LogP contribution in [0.1, 0.15) is 21.5 Å². The van der Waals surface area contributed by atoms with E-state index in [2.05, 4.69) is 20.9 Å². The van der Waals surface area contributed by atoms with Gasteiger partial charge in [-0.1, -0.05) is 40.2 Å². The highest BCUT2D eigenvalue weighted by Gasteiger charge is 2.35. The van der Waals surface area contributed by atoms with Crippen LogP contribution in [0.15, 0.2) is 63.7 Å². The molecule has 0 amide bonds. The van der Waals surface area contributed by atoms with E-state index in [-0.39, 0.29) is 17.4 Å². The first-order valence-corrected chi connectivity index (χ1v) is 7.55. The first kappa shape index (κ1) is 13.9. The Balaban J connectivity index is 1.84. The number of halogens is 1. The lowest BCUT2D eigenvalue weighted by molar-refractivity contribution is -0.130. The minimum atomic E-state index is -0.639. The van der Waals surface area contributed by atoms with Crippen LogP contribution in [0.2, 0.25) is 0 Å². The molecular weight excluding hydrogens is 362 g/mol. The SMILES string of the molecule is O=C1OC(c2cccc(Br)c2)=NC1=C1OC(=O)c2ccccc21. The normalized spacial score (nSPS) is 19.3. The van der Waals surface area contributed by atoms with Crippen LogP contribution >= 0.6 is 15.9 Å². The Morgan fingerprint density at radius 3 is 2.43 bits per heavy atom. The van der Waals surface area contributed by atoms with Crippen LogP contribution in [0.25, 0.3) is 5.76 Å². The molecule has 2 aliphatic heterocycles. The standard InChI is InChI=1S/C17H8BrNO4/c18-10-5-3-4-9(8-10)15-19-13(17(21)23-15)14-11-6-1-2-7-12(11)16(20)22-14/h1-8H. The van der Waals surface area contributed by atoms with E-state index in [4.69, 9.17) is 9.47 Å². The van der Waals surface area contributed by atoms with Gasteiger partial charge in [0.2, 0.25) is 5.90 Å². The summed E-state index contributed by atoms with van der Waals surface area (Å²) in [7, 11) is 0. The highest BCUT2D eigenvalue weighted by atomic mass is 79.9. The summed E-state index contributed by atoms with van der Waals surface area (Å²) in [5.41, 5.74) is 1.61. The Labute approximate surface area is 139 Å². The molecule has 112 valence electrons. The summed E-state index contributed by atoms with van der Waals surface area (Å²) >= 11 is 3.36. The molecular formula is C17H8BrNO4. The maximum Gasteiger partial charge on any atom is 0.367 e. The minimum absolute atomic E-state index is 0.00160. The summed E-state index contributed by atoms with van der Waals surface area (Å²) in [6.45, 7) is 0. The molecule has 23 heavy (non-hydrogen) atoms. The van der Waals surface area contributed by atoms with Crippen molar-refractivity contribution in [3.05, 3.63) is 75.4 Å². The number of nitrogens with zero attached hydrogens (tertiary/aromatic N) is 1. The van der Waals surface area contributed by atoms with Crippen molar-refractivity contribution in [3.63, 3.8) is 0 Å². The Morgan fingerprint density at radius 1 is 0.870 bits per heavy atom. The van der Waals surface area contributed by atoms with Crippen molar-refractivity contribution < 1.29 is 19.1 Å². The molecule has 0 aliphatic carbocycles. The molecule has 2 heterocycles. The van der Waals surface area contributed by atoms with Gasteiger partial charge in [-0.15, -0.1) is 0 Å². The number of benzene rings is 2. The second-order valence-electron chi connectivity index (χ2n) is 4.93. The van der Waals surface area contributed by atoms with Crippen LogP contribution in [0.4, 0.5) is 0 Å². The Morgan fingerprint density at radius 2 is 1.65 bits per heavy atom. The second-order valence-corrected chi connectivity index (χ2v) is 5.85. The molecule has 0 bridgehead atoms. The third-order valence-electron chi connectivity index (χ3n) is 3.47. The number of rotatable bonds is 1. The molecule has 2 aromatic carbocycles. The zero-order valence-corrected chi connectivity index (χ0v) is 13.2. The molecule has 0 saturated heterocycles. The maximum atomic E-state index is 12.1. The molecule has 0 N–H and O–H groups in total. The quantitative estimate of drug-likeness (QED) is 0.571. The van der Waals surface area contributed by atoms with E-state index < -0.39 is 11.9 Å². The number of ether oxygens (including phenoxy) is 2. The van der Waals surface area contributed by atoms with Crippen molar-refractivity contribution in [1.82, 2.24) is 0 Å². The van der Waals surface area contributed by atoms with Crippen molar-refractivity contribution in [3.8, 4) is 0 Å². The molecule has 0 spiro atoms. The lowest BCUT2D eigenvalue weighted by Crippen LogP contribution is -2.06. The van der Waals surface area contributed by atoms with Gasteiger partial charge < -0.3 is 9.47 Å². The van der Waals surface area contributed by atoms with E-state index in [1.807, 2.05) is 12.1 Å². The van der Waals surface area contributed by atoms with Gasteiger partial charge in [0.25, 0.3) is 0 Å². The fraction of sp³-hybridized carbons (Fsp3) is 0. The average molecular weight is 370 g/mol. The third-order valence-corrected chi connectivity index (χ3v) is 3.96. The van der Waals surface area contributed by atoms with Crippen molar-refractivity contribution in [2.75, 3.05) is 0 Å². The predicted molar refractivity (Wildman–Crippen MR) is 85.5 cm³/mol. The molecule has 2 aliphatic rings. The average Bonchev–Trinajstić information content (AvgIpc) is 3.09. The second kappa shape index (κ2) is 5.17. The summed E-state index contributed by atoms with van der Waals surface area (Å²) in [6.07, 6.45) is 0. The monoisotopic (exact) mass is 369 g/mol. The molecule has 4 rings (SSSR count). The lowest BCUT2D eigenvalue weighted by atomic mass is 10.1.